The molecule has 0 aliphatic heterocycles. The molecule has 0 amide bonds. The Morgan fingerprint density at radius 1 is 1.20 bits per heavy atom. The lowest BCUT2D eigenvalue weighted by Gasteiger charge is -2.07. The fourth-order valence-electron chi connectivity index (χ4n) is 1.51. The third-order valence-corrected chi connectivity index (χ3v) is 2.84. The van der Waals surface area contributed by atoms with Crippen LogP contribution in [0.2, 0.25) is 0 Å². The molecule has 20 heavy (non-hydrogen) atoms. The van der Waals surface area contributed by atoms with Crippen molar-refractivity contribution in [3.63, 3.8) is 0 Å². The Hall–Kier alpha value is -1.08. The molecule has 0 saturated carbocycles. The molecule has 1 aromatic carbocycles. The summed E-state index contributed by atoms with van der Waals surface area (Å²) in [5, 5.41) is 0. The highest BCUT2D eigenvalue weighted by Crippen LogP contribution is 2.11. The van der Waals surface area contributed by atoms with Gasteiger partial charge < -0.3 is 19.9 Å². The Balaban J connectivity index is 2.20. The zero-order valence-corrected chi connectivity index (χ0v) is 12.4. The maximum absolute atomic E-state index is 13.7. The largest absolute Gasteiger partial charge is 0.389 e. The second kappa shape index (κ2) is 9.77. The number of methoxy groups -OCH3 is 1. The number of rotatable bonds is 10. The van der Waals surface area contributed by atoms with Crippen LogP contribution in [0.25, 0.3) is 0 Å². The summed E-state index contributed by atoms with van der Waals surface area (Å²) in [5.74, 6) is -0.355. The summed E-state index contributed by atoms with van der Waals surface area (Å²) in [7, 11) is 1.63. The predicted octanol–water partition coefficient (Wildman–Crippen LogP) is 2.03. The second-order valence-electron chi connectivity index (χ2n) is 4.18. The number of halogens is 1. The van der Waals surface area contributed by atoms with Crippen LogP contribution in [0.3, 0.4) is 0 Å². The smallest absolute Gasteiger partial charge is 0.129 e. The van der Waals surface area contributed by atoms with E-state index in [0.29, 0.717) is 37.6 Å². The Bertz CT molecular complexity index is 429. The van der Waals surface area contributed by atoms with Crippen LogP contribution in [0.4, 0.5) is 4.39 Å². The van der Waals surface area contributed by atoms with Crippen LogP contribution in [0.15, 0.2) is 18.2 Å². The van der Waals surface area contributed by atoms with Gasteiger partial charge in [-0.15, -0.1) is 0 Å². The van der Waals surface area contributed by atoms with Crippen molar-refractivity contribution in [1.29, 1.82) is 0 Å². The number of hydrogen-bond acceptors (Lipinski definition) is 4. The number of benzene rings is 1. The number of hydrogen-bond donors (Lipinski definition) is 1. The van der Waals surface area contributed by atoms with E-state index in [4.69, 9.17) is 32.2 Å². The molecular weight excluding hydrogens is 281 g/mol. The Labute approximate surface area is 124 Å². The van der Waals surface area contributed by atoms with Gasteiger partial charge in [-0.2, -0.15) is 0 Å². The summed E-state index contributed by atoms with van der Waals surface area (Å²) < 4.78 is 29.2. The Morgan fingerprint density at radius 3 is 2.60 bits per heavy atom. The van der Waals surface area contributed by atoms with Crippen molar-refractivity contribution in [1.82, 2.24) is 0 Å². The van der Waals surface area contributed by atoms with Crippen LogP contribution in [0.1, 0.15) is 17.5 Å². The van der Waals surface area contributed by atoms with Gasteiger partial charge in [0, 0.05) is 31.5 Å². The molecule has 0 aromatic heterocycles. The van der Waals surface area contributed by atoms with Gasteiger partial charge in [0.05, 0.1) is 19.8 Å². The summed E-state index contributed by atoms with van der Waals surface area (Å²) in [6, 6.07) is 4.66. The van der Waals surface area contributed by atoms with Gasteiger partial charge in [-0.1, -0.05) is 24.4 Å². The molecule has 0 saturated heterocycles. The average Bonchev–Trinajstić information content (AvgIpc) is 2.43. The molecule has 0 spiro atoms. The molecule has 0 aliphatic rings. The standard InChI is InChI=1S/C14H20FNO3S/c1-17-7-8-18-5-2-6-19-10-12-4-3-11(14(16)20)9-13(12)15/h3-4,9H,2,5-8,10H2,1H3,(H2,16,20). The van der Waals surface area contributed by atoms with Crippen LogP contribution >= 0.6 is 12.2 Å². The molecule has 0 unspecified atom stereocenters. The molecule has 0 atom stereocenters. The van der Waals surface area contributed by atoms with E-state index >= 15 is 0 Å². The van der Waals surface area contributed by atoms with E-state index in [-0.39, 0.29) is 17.4 Å². The minimum absolute atomic E-state index is 0.185. The first kappa shape index (κ1) is 17.0. The van der Waals surface area contributed by atoms with Crippen molar-refractivity contribution in [3.05, 3.63) is 35.1 Å². The molecule has 0 radical (unpaired) electrons. The fourth-order valence-corrected chi connectivity index (χ4v) is 1.63. The highest BCUT2D eigenvalue weighted by molar-refractivity contribution is 7.80. The van der Waals surface area contributed by atoms with Gasteiger partial charge >= 0.3 is 0 Å². The van der Waals surface area contributed by atoms with Gasteiger partial charge in [0.15, 0.2) is 0 Å². The number of ether oxygens (including phenoxy) is 3. The van der Waals surface area contributed by atoms with Crippen LogP contribution in [0, 0.1) is 5.82 Å². The van der Waals surface area contributed by atoms with Gasteiger partial charge in [-0.05, 0) is 12.5 Å². The number of nitrogens with two attached hydrogens (primary N) is 1. The second-order valence-corrected chi connectivity index (χ2v) is 4.62. The zero-order chi connectivity index (χ0) is 14.8. The zero-order valence-electron chi connectivity index (χ0n) is 11.6. The van der Waals surface area contributed by atoms with Gasteiger partial charge in [0.25, 0.3) is 0 Å². The van der Waals surface area contributed by atoms with Gasteiger partial charge in [-0.3, -0.25) is 0 Å². The van der Waals surface area contributed by atoms with Crippen LogP contribution < -0.4 is 5.73 Å². The molecule has 1 rings (SSSR count). The Kier molecular flexibility index (Phi) is 8.29. The normalized spacial score (nSPS) is 10.7. The van der Waals surface area contributed by atoms with Crippen molar-refractivity contribution in [3.8, 4) is 0 Å². The lowest BCUT2D eigenvalue weighted by molar-refractivity contribution is 0.0479. The van der Waals surface area contributed by atoms with E-state index < -0.39 is 0 Å². The third-order valence-electron chi connectivity index (χ3n) is 2.60. The molecule has 0 aliphatic carbocycles. The molecule has 2 N–H and O–H groups in total. The van der Waals surface area contributed by atoms with E-state index in [1.165, 1.54) is 6.07 Å². The SMILES string of the molecule is COCCOCCCOCc1ccc(C(N)=S)cc1F. The molecule has 0 fully saturated rings. The van der Waals surface area contributed by atoms with Crippen molar-refractivity contribution in [2.24, 2.45) is 5.73 Å². The lowest BCUT2D eigenvalue weighted by Crippen LogP contribution is -2.10. The predicted molar refractivity (Wildman–Crippen MR) is 79.3 cm³/mol. The highest BCUT2D eigenvalue weighted by Gasteiger charge is 2.05. The van der Waals surface area contributed by atoms with Gasteiger partial charge in [0.2, 0.25) is 0 Å². The fraction of sp³-hybridized carbons (Fsp3) is 0.500. The molecule has 6 heteroatoms. The van der Waals surface area contributed by atoms with E-state index in [1.807, 2.05) is 0 Å². The first-order valence-corrected chi connectivity index (χ1v) is 6.78. The summed E-state index contributed by atoms with van der Waals surface area (Å²) in [4.78, 5) is 0.185. The topological polar surface area (TPSA) is 53.7 Å². The minimum atomic E-state index is -0.355. The monoisotopic (exact) mass is 301 g/mol. The maximum atomic E-state index is 13.7. The lowest BCUT2D eigenvalue weighted by atomic mass is 10.1. The molecule has 0 heterocycles. The summed E-state index contributed by atoms with van der Waals surface area (Å²) in [6.45, 7) is 2.50. The number of thiocarbonyl (C=S) groups is 1. The quantitative estimate of drug-likeness (QED) is 0.529. The first-order valence-electron chi connectivity index (χ1n) is 6.37. The van der Waals surface area contributed by atoms with Crippen LogP contribution in [-0.2, 0) is 20.8 Å². The van der Waals surface area contributed by atoms with Crippen molar-refractivity contribution < 1.29 is 18.6 Å². The Morgan fingerprint density at radius 2 is 1.95 bits per heavy atom. The molecule has 0 bridgehead atoms. The minimum Gasteiger partial charge on any atom is -0.389 e. The van der Waals surface area contributed by atoms with E-state index in [0.717, 1.165) is 6.42 Å². The molecule has 4 nitrogen and oxygen atoms in total. The molecule has 1 aromatic rings. The summed E-state index contributed by atoms with van der Waals surface area (Å²) >= 11 is 4.79. The average molecular weight is 301 g/mol. The van der Waals surface area contributed by atoms with E-state index in [9.17, 15) is 4.39 Å². The van der Waals surface area contributed by atoms with Crippen molar-refractivity contribution in [2.75, 3.05) is 33.5 Å². The highest BCUT2D eigenvalue weighted by atomic mass is 32.1. The first-order chi connectivity index (χ1) is 9.65. The maximum Gasteiger partial charge on any atom is 0.129 e. The molecule has 112 valence electrons. The van der Waals surface area contributed by atoms with Gasteiger partial charge in [0.1, 0.15) is 10.8 Å². The van der Waals surface area contributed by atoms with E-state index in [1.54, 1.807) is 19.2 Å². The van der Waals surface area contributed by atoms with E-state index in [2.05, 4.69) is 0 Å². The third kappa shape index (κ3) is 6.38. The summed E-state index contributed by atoms with van der Waals surface area (Å²) in [6.07, 6.45) is 0.760. The van der Waals surface area contributed by atoms with Gasteiger partial charge in [-0.25, -0.2) is 4.39 Å². The van der Waals surface area contributed by atoms with Crippen LogP contribution in [0.5, 0.6) is 0 Å². The van der Waals surface area contributed by atoms with Crippen molar-refractivity contribution >= 4 is 17.2 Å². The van der Waals surface area contributed by atoms with Crippen LogP contribution in [-0.4, -0.2) is 38.5 Å². The summed E-state index contributed by atoms with van der Waals surface area (Å²) in [5.41, 5.74) is 6.45. The van der Waals surface area contributed by atoms with Crippen molar-refractivity contribution in [2.45, 2.75) is 13.0 Å². The molecular formula is C14H20FNO3S.